The van der Waals surface area contributed by atoms with Gasteiger partial charge < -0.3 is 5.32 Å². The van der Waals surface area contributed by atoms with Crippen LogP contribution in [0.25, 0.3) is 0 Å². The standard InChI is InChI=1S/C24H25ClN2O3S/c1-17-4-9-20(10-5-17)27(31(29,30)21-11-6-18(2)7-12-21)15-14-24(28)26-23-13-8-19(3)16-22(23)25/h4-13,16H,14-15H2,1-3H3,(H,26,28). The maximum absolute atomic E-state index is 13.4. The Hall–Kier alpha value is -2.83. The maximum Gasteiger partial charge on any atom is 0.264 e. The van der Waals surface area contributed by atoms with E-state index >= 15 is 0 Å². The van der Waals surface area contributed by atoms with E-state index in [1.54, 1.807) is 48.5 Å². The molecule has 0 bridgehead atoms. The van der Waals surface area contributed by atoms with Gasteiger partial charge in [0.1, 0.15) is 0 Å². The molecule has 0 aliphatic carbocycles. The summed E-state index contributed by atoms with van der Waals surface area (Å²) in [5.41, 5.74) is 3.98. The van der Waals surface area contributed by atoms with Gasteiger partial charge in [-0.15, -0.1) is 0 Å². The Bertz CT molecular complexity index is 1170. The molecule has 0 fully saturated rings. The molecule has 0 heterocycles. The Labute approximate surface area is 188 Å². The first-order valence-corrected chi connectivity index (χ1v) is 11.7. The first-order chi connectivity index (χ1) is 14.7. The number of benzene rings is 3. The van der Waals surface area contributed by atoms with Gasteiger partial charge in [0, 0.05) is 13.0 Å². The van der Waals surface area contributed by atoms with E-state index in [4.69, 9.17) is 11.6 Å². The Morgan fingerprint density at radius 1 is 0.871 bits per heavy atom. The van der Waals surface area contributed by atoms with Crippen molar-refractivity contribution < 1.29 is 13.2 Å². The van der Waals surface area contributed by atoms with Gasteiger partial charge in [0.2, 0.25) is 5.91 Å². The van der Waals surface area contributed by atoms with E-state index in [0.29, 0.717) is 16.4 Å². The number of hydrogen-bond donors (Lipinski definition) is 1. The lowest BCUT2D eigenvalue weighted by atomic mass is 10.2. The van der Waals surface area contributed by atoms with Crippen molar-refractivity contribution in [1.29, 1.82) is 0 Å². The Balaban J connectivity index is 1.84. The number of hydrogen-bond acceptors (Lipinski definition) is 3. The average molecular weight is 457 g/mol. The third-order valence-electron chi connectivity index (χ3n) is 4.87. The summed E-state index contributed by atoms with van der Waals surface area (Å²) in [6, 6.07) is 19.2. The second kappa shape index (κ2) is 9.54. The first-order valence-electron chi connectivity index (χ1n) is 9.89. The van der Waals surface area contributed by atoms with Gasteiger partial charge >= 0.3 is 0 Å². The normalized spacial score (nSPS) is 11.2. The third-order valence-corrected chi connectivity index (χ3v) is 7.03. The maximum atomic E-state index is 13.4. The summed E-state index contributed by atoms with van der Waals surface area (Å²) in [6.45, 7) is 5.73. The van der Waals surface area contributed by atoms with Crippen LogP contribution in [0.2, 0.25) is 5.02 Å². The highest BCUT2D eigenvalue weighted by Crippen LogP contribution is 2.26. The van der Waals surface area contributed by atoms with Gasteiger partial charge in [0.25, 0.3) is 10.0 Å². The van der Waals surface area contributed by atoms with Crippen molar-refractivity contribution in [1.82, 2.24) is 0 Å². The first kappa shape index (κ1) is 22.8. The summed E-state index contributed by atoms with van der Waals surface area (Å²) in [5.74, 6) is -0.318. The van der Waals surface area contributed by atoms with Gasteiger partial charge in [-0.05, 0) is 62.7 Å². The van der Waals surface area contributed by atoms with Gasteiger partial charge in [-0.3, -0.25) is 9.10 Å². The van der Waals surface area contributed by atoms with Crippen molar-refractivity contribution >= 4 is 38.9 Å². The Morgan fingerprint density at radius 2 is 1.42 bits per heavy atom. The molecule has 162 valence electrons. The third kappa shape index (κ3) is 5.66. The summed E-state index contributed by atoms with van der Waals surface area (Å²) < 4.78 is 28.0. The van der Waals surface area contributed by atoms with E-state index in [9.17, 15) is 13.2 Å². The molecule has 0 aliphatic heterocycles. The molecule has 1 amide bonds. The number of anilines is 2. The average Bonchev–Trinajstić information content (AvgIpc) is 2.72. The van der Waals surface area contributed by atoms with E-state index < -0.39 is 10.0 Å². The number of nitrogens with one attached hydrogen (secondary N) is 1. The van der Waals surface area contributed by atoms with Crippen LogP contribution in [0.3, 0.4) is 0 Å². The predicted octanol–water partition coefficient (Wildman–Crippen LogP) is 5.49. The van der Waals surface area contributed by atoms with Crippen LogP contribution < -0.4 is 9.62 Å². The van der Waals surface area contributed by atoms with Crippen molar-refractivity contribution in [2.45, 2.75) is 32.1 Å². The molecule has 7 heteroatoms. The van der Waals surface area contributed by atoms with Crippen LogP contribution in [0.5, 0.6) is 0 Å². The fourth-order valence-corrected chi connectivity index (χ4v) is 4.82. The summed E-state index contributed by atoms with van der Waals surface area (Å²) in [5, 5.41) is 3.20. The highest BCUT2D eigenvalue weighted by molar-refractivity contribution is 7.92. The van der Waals surface area contributed by atoms with Crippen molar-refractivity contribution in [3.05, 3.63) is 88.4 Å². The van der Waals surface area contributed by atoms with Gasteiger partial charge in [-0.1, -0.05) is 53.1 Å². The summed E-state index contributed by atoms with van der Waals surface area (Å²) in [4.78, 5) is 12.7. The van der Waals surface area contributed by atoms with E-state index in [2.05, 4.69) is 5.32 Å². The minimum Gasteiger partial charge on any atom is -0.325 e. The van der Waals surface area contributed by atoms with Crippen molar-refractivity contribution in [2.24, 2.45) is 0 Å². The molecular formula is C24H25ClN2O3S. The van der Waals surface area contributed by atoms with Gasteiger partial charge in [-0.25, -0.2) is 8.42 Å². The number of rotatable bonds is 7. The fourth-order valence-electron chi connectivity index (χ4n) is 3.07. The molecule has 31 heavy (non-hydrogen) atoms. The van der Waals surface area contributed by atoms with E-state index in [0.717, 1.165) is 16.7 Å². The van der Waals surface area contributed by atoms with Crippen LogP contribution in [-0.4, -0.2) is 20.9 Å². The molecule has 0 saturated heterocycles. The number of nitrogens with zero attached hydrogens (tertiary/aromatic N) is 1. The lowest BCUT2D eigenvalue weighted by Gasteiger charge is -2.24. The molecule has 0 atom stereocenters. The van der Waals surface area contributed by atoms with Crippen LogP contribution in [0.15, 0.2) is 71.6 Å². The summed E-state index contributed by atoms with van der Waals surface area (Å²) in [6.07, 6.45) is -0.0246. The molecule has 0 aliphatic rings. The summed E-state index contributed by atoms with van der Waals surface area (Å²) >= 11 is 6.19. The number of carbonyl (C=O) groups excluding carboxylic acids is 1. The molecule has 3 aromatic carbocycles. The largest absolute Gasteiger partial charge is 0.325 e. The van der Waals surface area contributed by atoms with E-state index in [-0.39, 0.29) is 23.8 Å². The molecule has 0 unspecified atom stereocenters. The lowest BCUT2D eigenvalue weighted by Crippen LogP contribution is -2.34. The molecule has 0 aromatic heterocycles. The van der Waals surface area contributed by atoms with Gasteiger partial charge in [0.15, 0.2) is 0 Å². The monoisotopic (exact) mass is 456 g/mol. The molecule has 1 N–H and O–H groups in total. The summed E-state index contributed by atoms with van der Waals surface area (Å²) in [7, 11) is -3.84. The topological polar surface area (TPSA) is 66.5 Å². The lowest BCUT2D eigenvalue weighted by molar-refractivity contribution is -0.116. The molecular weight excluding hydrogens is 432 g/mol. The zero-order valence-corrected chi connectivity index (χ0v) is 19.3. The van der Waals surface area contributed by atoms with Crippen molar-refractivity contribution in [3.8, 4) is 0 Å². The molecule has 3 aromatic rings. The molecule has 0 saturated carbocycles. The van der Waals surface area contributed by atoms with Crippen LogP contribution in [0, 0.1) is 20.8 Å². The molecule has 0 spiro atoms. The van der Waals surface area contributed by atoms with Crippen LogP contribution in [0.1, 0.15) is 23.1 Å². The molecule has 0 radical (unpaired) electrons. The highest BCUT2D eigenvalue weighted by Gasteiger charge is 2.25. The fraction of sp³-hybridized carbons (Fsp3) is 0.208. The quantitative estimate of drug-likeness (QED) is 0.511. The second-order valence-corrected chi connectivity index (χ2v) is 9.78. The minimum absolute atomic E-state index is 0.00537. The Kier molecular flexibility index (Phi) is 7.03. The number of amides is 1. The SMILES string of the molecule is Cc1ccc(N(CCC(=O)Nc2ccc(C)cc2Cl)S(=O)(=O)c2ccc(C)cc2)cc1. The number of aryl methyl sites for hydroxylation is 3. The van der Waals surface area contributed by atoms with Crippen molar-refractivity contribution in [3.63, 3.8) is 0 Å². The number of sulfonamides is 1. The van der Waals surface area contributed by atoms with Crippen LogP contribution in [0.4, 0.5) is 11.4 Å². The van der Waals surface area contributed by atoms with E-state index in [1.165, 1.54) is 4.31 Å². The van der Waals surface area contributed by atoms with Crippen LogP contribution in [-0.2, 0) is 14.8 Å². The van der Waals surface area contributed by atoms with Gasteiger partial charge in [-0.2, -0.15) is 0 Å². The smallest absolute Gasteiger partial charge is 0.264 e. The predicted molar refractivity (Wildman–Crippen MR) is 126 cm³/mol. The second-order valence-electron chi connectivity index (χ2n) is 7.51. The zero-order chi connectivity index (χ0) is 22.6. The number of carbonyl (C=O) groups is 1. The highest BCUT2D eigenvalue weighted by atomic mass is 35.5. The molecule has 3 rings (SSSR count). The minimum atomic E-state index is -3.84. The molecule has 5 nitrogen and oxygen atoms in total. The zero-order valence-electron chi connectivity index (χ0n) is 17.7. The number of halogens is 1. The van der Waals surface area contributed by atoms with Gasteiger partial charge in [0.05, 0.1) is 21.3 Å². The van der Waals surface area contributed by atoms with Crippen LogP contribution >= 0.6 is 11.6 Å². The Morgan fingerprint density at radius 3 is 2.00 bits per heavy atom. The van der Waals surface area contributed by atoms with Crippen molar-refractivity contribution in [2.75, 3.05) is 16.2 Å². The van der Waals surface area contributed by atoms with E-state index in [1.807, 2.05) is 39.0 Å².